The summed E-state index contributed by atoms with van der Waals surface area (Å²) >= 11 is 1.72. The third-order valence-electron chi connectivity index (χ3n) is 4.58. The number of aryl methyl sites for hydroxylation is 1. The van der Waals surface area contributed by atoms with Gasteiger partial charge in [0.25, 0.3) is 0 Å². The van der Waals surface area contributed by atoms with Crippen LogP contribution >= 0.6 is 11.3 Å². The zero-order valence-corrected chi connectivity index (χ0v) is 17.0. The average Bonchev–Trinajstić information content (AvgIpc) is 3.00. The Morgan fingerprint density at radius 1 is 1.40 bits per heavy atom. The van der Waals surface area contributed by atoms with Crippen LogP contribution in [0.15, 0.2) is 10.4 Å². The number of piperidine rings is 1. The van der Waals surface area contributed by atoms with Gasteiger partial charge in [0.05, 0.1) is 10.7 Å². The molecule has 2 rings (SSSR count). The number of aromatic nitrogens is 1. The van der Waals surface area contributed by atoms with E-state index in [9.17, 15) is 0 Å². The predicted octanol–water partition coefficient (Wildman–Crippen LogP) is 3.06. The molecule has 0 saturated carbocycles. The Morgan fingerprint density at radius 2 is 2.28 bits per heavy atom. The highest BCUT2D eigenvalue weighted by Gasteiger charge is 2.15. The first-order chi connectivity index (χ1) is 12.2. The van der Waals surface area contributed by atoms with Gasteiger partial charge in [0.15, 0.2) is 5.96 Å². The number of guanidine groups is 1. The van der Waals surface area contributed by atoms with Crippen LogP contribution in [0, 0.1) is 12.8 Å². The van der Waals surface area contributed by atoms with E-state index in [4.69, 9.17) is 4.99 Å². The first-order valence-electron chi connectivity index (χ1n) is 9.83. The zero-order chi connectivity index (χ0) is 17.9. The first-order valence-corrected chi connectivity index (χ1v) is 10.7. The maximum atomic E-state index is 4.71. The minimum Gasteiger partial charge on any atom is -0.357 e. The molecule has 5 nitrogen and oxygen atoms in total. The Bertz CT molecular complexity index is 514. The molecule has 1 unspecified atom stereocenters. The van der Waals surface area contributed by atoms with Crippen molar-refractivity contribution in [1.82, 2.24) is 20.5 Å². The van der Waals surface area contributed by atoms with Crippen molar-refractivity contribution in [2.45, 2.75) is 52.9 Å². The summed E-state index contributed by atoms with van der Waals surface area (Å²) in [5.74, 6) is 1.80. The Kier molecular flexibility index (Phi) is 9.26. The quantitative estimate of drug-likeness (QED) is 0.401. The van der Waals surface area contributed by atoms with E-state index < -0.39 is 0 Å². The second kappa shape index (κ2) is 11.5. The third kappa shape index (κ3) is 8.19. The van der Waals surface area contributed by atoms with Crippen LogP contribution in [0.4, 0.5) is 0 Å². The van der Waals surface area contributed by atoms with Crippen molar-refractivity contribution in [1.29, 1.82) is 0 Å². The molecule has 1 saturated heterocycles. The standard InChI is InChI=1S/C19H35N5S/c1-4-20-19(22-11-9-18-15-25-17(3)23-18)21-10-5-6-12-24-13-7-8-16(2)14-24/h15-16H,4-14H2,1-3H3,(H2,20,21,22). The zero-order valence-electron chi connectivity index (χ0n) is 16.2. The van der Waals surface area contributed by atoms with E-state index in [1.54, 1.807) is 11.3 Å². The van der Waals surface area contributed by atoms with Crippen LogP contribution in [0.25, 0.3) is 0 Å². The summed E-state index contributed by atoms with van der Waals surface area (Å²) in [5.41, 5.74) is 1.17. The molecular formula is C19H35N5S. The summed E-state index contributed by atoms with van der Waals surface area (Å²) in [7, 11) is 0. The van der Waals surface area contributed by atoms with Crippen molar-refractivity contribution >= 4 is 17.3 Å². The second-order valence-electron chi connectivity index (χ2n) is 7.05. The van der Waals surface area contributed by atoms with Gasteiger partial charge in [-0.1, -0.05) is 6.92 Å². The monoisotopic (exact) mass is 365 g/mol. The van der Waals surface area contributed by atoms with Gasteiger partial charge >= 0.3 is 0 Å². The fourth-order valence-corrected chi connectivity index (χ4v) is 3.95. The van der Waals surface area contributed by atoms with Crippen LogP contribution < -0.4 is 10.6 Å². The van der Waals surface area contributed by atoms with E-state index in [2.05, 4.69) is 46.7 Å². The van der Waals surface area contributed by atoms with Crippen LogP contribution in [0.1, 0.15) is 50.2 Å². The number of rotatable bonds is 9. The molecular weight excluding hydrogens is 330 g/mol. The molecule has 142 valence electrons. The molecule has 0 bridgehead atoms. The van der Waals surface area contributed by atoms with Crippen LogP contribution in [-0.2, 0) is 6.42 Å². The Hall–Kier alpha value is -1.14. The van der Waals surface area contributed by atoms with Crippen molar-refractivity contribution in [3.63, 3.8) is 0 Å². The Labute approximate surface area is 157 Å². The number of unbranched alkanes of at least 4 members (excludes halogenated alkanes) is 1. The largest absolute Gasteiger partial charge is 0.357 e. The van der Waals surface area contributed by atoms with Gasteiger partial charge in [-0.15, -0.1) is 11.3 Å². The molecule has 0 aromatic carbocycles. The van der Waals surface area contributed by atoms with Crippen molar-refractivity contribution in [3.8, 4) is 0 Å². The first kappa shape index (κ1) is 20.2. The lowest BCUT2D eigenvalue weighted by molar-refractivity contribution is 0.181. The van der Waals surface area contributed by atoms with Crippen LogP contribution in [0.3, 0.4) is 0 Å². The highest BCUT2D eigenvalue weighted by Crippen LogP contribution is 2.15. The number of hydrogen-bond acceptors (Lipinski definition) is 4. The number of thiazole rings is 1. The number of aliphatic imine (C=N–C) groups is 1. The van der Waals surface area contributed by atoms with E-state index in [0.717, 1.165) is 49.4 Å². The van der Waals surface area contributed by atoms with Crippen molar-refractivity contribution < 1.29 is 0 Å². The lowest BCUT2D eigenvalue weighted by Gasteiger charge is -2.30. The van der Waals surface area contributed by atoms with Crippen molar-refractivity contribution in [3.05, 3.63) is 16.1 Å². The maximum Gasteiger partial charge on any atom is 0.191 e. The molecule has 1 aromatic heterocycles. The van der Waals surface area contributed by atoms with E-state index >= 15 is 0 Å². The lowest BCUT2D eigenvalue weighted by atomic mass is 10.0. The molecule has 0 spiro atoms. The predicted molar refractivity (Wildman–Crippen MR) is 109 cm³/mol. The SMILES string of the molecule is CCNC(=NCCCCN1CCCC(C)C1)NCCc1csc(C)n1. The molecule has 2 N–H and O–H groups in total. The van der Waals surface area contributed by atoms with Gasteiger partial charge in [0.1, 0.15) is 0 Å². The third-order valence-corrected chi connectivity index (χ3v) is 5.40. The molecule has 0 amide bonds. The fourth-order valence-electron chi connectivity index (χ4n) is 3.30. The molecule has 1 aromatic rings. The minimum absolute atomic E-state index is 0.873. The number of likely N-dealkylation sites (tertiary alicyclic amines) is 1. The minimum atomic E-state index is 0.873. The van der Waals surface area contributed by atoms with Crippen LogP contribution in [-0.4, -0.2) is 55.1 Å². The van der Waals surface area contributed by atoms with Crippen LogP contribution in [0.5, 0.6) is 0 Å². The van der Waals surface area contributed by atoms with Gasteiger partial charge in [-0.05, 0) is 58.5 Å². The molecule has 0 radical (unpaired) electrons. The van der Waals surface area contributed by atoms with Gasteiger partial charge in [0.2, 0.25) is 0 Å². The number of hydrogen-bond donors (Lipinski definition) is 2. The number of nitrogens with zero attached hydrogens (tertiary/aromatic N) is 3. The fraction of sp³-hybridized carbons (Fsp3) is 0.789. The van der Waals surface area contributed by atoms with Gasteiger partial charge in [-0.3, -0.25) is 4.99 Å². The highest BCUT2D eigenvalue weighted by atomic mass is 32.1. The van der Waals surface area contributed by atoms with Crippen molar-refractivity contribution in [2.24, 2.45) is 10.9 Å². The summed E-state index contributed by atoms with van der Waals surface area (Å²) in [6, 6.07) is 0. The highest BCUT2D eigenvalue weighted by molar-refractivity contribution is 7.09. The Balaban J connectivity index is 1.61. The molecule has 1 atom stereocenters. The van der Waals surface area contributed by atoms with Gasteiger partial charge in [-0.25, -0.2) is 4.98 Å². The average molecular weight is 366 g/mol. The van der Waals surface area contributed by atoms with E-state index in [1.807, 2.05) is 0 Å². The molecule has 1 aliphatic heterocycles. The van der Waals surface area contributed by atoms with E-state index in [-0.39, 0.29) is 0 Å². The van der Waals surface area contributed by atoms with Gasteiger partial charge in [0, 0.05) is 38.0 Å². The summed E-state index contributed by atoms with van der Waals surface area (Å²) in [5, 5.41) is 10.0. The Morgan fingerprint density at radius 3 is 3.00 bits per heavy atom. The van der Waals surface area contributed by atoms with Crippen LogP contribution in [0.2, 0.25) is 0 Å². The summed E-state index contributed by atoms with van der Waals surface area (Å²) in [4.78, 5) is 11.8. The number of nitrogens with one attached hydrogen (secondary N) is 2. The summed E-state index contributed by atoms with van der Waals surface area (Å²) in [6.07, 6.45) is 6.12. The van der Waals surface area contributed by atoms with Gasteiger partial charge < -0.3 is 15.5 Å². The lowest BCUT2D eigenvalue weighted by Crippen LogP contribution is -2.38. The molecule has 1 fully saturated rings. The van der Waals surface area contributed by atoms with E-state index in [1.165, 1.54) is 44.6 Å². The maximum absolute atomic E-state index is 4.71. The second-order valence-corrected chi connectivity index (χ2v) is 8.11. The molecule has 1 aliphatic rings. The molecule has 0 aliphatic carbocycles. The topological polar surface area (TPSA) is 52.6 Å². The van der Waals surface area contributed by atoms with E-state index in [0.29, 0.717) is 0 Å². The van der Waals surface area contributed by atoms with Crippen molar-refractivity contribution in [2.75, 3.05) is 39.3 Å². The normalized spacial score (nSPS) is 19.2. The summed E-state index contributed by atoms with van der Waals surface area (Å²) < 4.78 is 0. The molecule has 2 heterocycles. The van der Waals surface area contributed by atoms with Gasteiger partial charge in [-0.2, -0.15) is 0 Å². The molecule has 6 heteroatoms. The summed E-state index contributed by atoms with van der Waals surface area (Å²) in [6.45, 7) is 13.0. The smallest absolute Gasteiger partial charge is 0.191 e. The molecule has 25 heavy (non-hydrogen) atoms.